The van der Waals surface area contributed by atoms with E-state index in [1.807, 2.05) is 43.3 Å². The molecule has 5 rings (SSSR count). The van der Waals surface area contributed by atoms with E-state index in [2.05, 4.69) is 20.3 Å². The van der Waals surface area contributed by atoms with Crippen molar-refractivity contribution in [3.8, 4) is 0 Å². The van der Waals surface area contributed by atoms with Crippen LogP contribution in [0.3, 0.4) is 0 Å². The highest BCUT2D eigenvalue weighted by atomic mass is 32.2. The first kappa shape index (κ1) is 23.0. The highest BCUT2D eigenvalue weighted by molar-refractivity contribution is 7.89. The van der Waals surface area contributed by atoms with Crippen LogP contribution in [0.2, 0.25) is 0 Å². The smallest absolute Gasteiger partial charge is 0.221 e. The third-order valence-electron chi connectivity index (χ3n) is 7.27. The van der Waals surface area contributed by atoms with Crippen LogP contribution in [-0.4, -0.2) is 47.3 Å². The van der Waals surface area contributed by atoms with Crippen LogP contribution in [0.4, 0.5) is 10.1 Å². The Balaban J connectivity index is 1.30. The van der Waals surface area contributed by atoms with Crippen LogP contribution in [-0.2, 0) is 16.6 Å². The Bertz CT molecular complexity index is 1210. The van der Waals surface area contributed by atoms with Crippen molar-refractivity contribution in [1.29, 1.82) is 0 Å². The van der Waals surface area contributed by atoms with Gasteiger partial charge in [0.2, 0.25) is 10.0 Å². The van der Waals surface area contributed by atoms with Gasteiger partial charge in [0.1, 0.15) is 11.1 Å². The summed E-state index contributed by atoms with van der Waals surface area (Å²) in [5.74, 6) is 0.00263. The van der Waals surface area contributed by atoms with Crippen LogP contribution in [0.15, 0.2) is 54.7 Å². The van der Waals surface area contributed by atoms with E-state index in [0.29, 0.717) is 17.9 Å². The quantitative estimate of drug-likeness (QED) is 0.582. The maximum atomic E-state index is 15.2. The van der Waals surface area contributed by atoms with E-state index in [9.17, 15) is 8.42 Å². The minimum Gasteiger partial charge on any atom is -0.371 e. The van der Waals surface area contributed by atoms with Crippen LogP contribution in [0, 0.1) is 5.82 Å². The molecule has 2 aromatic carbocycles. The summed E-state index contributed by atoms with van der Waals surface area (Å²) in [7, 11) is -3.60. The van der Waals surface area contributed by atoms with Gasteiger partial charge in [0.05, 0.1) is 11.9 Å². The molecule has 3 aromatic rings. The molecule has 0 bridgehead atoms. The molecule has 1 unspecified atom stereocenters. The van der Waals surface area contributed by atoms with Crippen molar-refractivity contribution in [3.05, 3.63) is 77.4 Å². The van der Waals surface area contributed by atoms with Crippen LogP contribution in [0.1, 0.15) is 60.6 Å². The van der Waals surface area contributed by atoms with Gasteiger partial charge in [0.25, 0.3) is 0 Å². The molecule has 3 heterocycles. The number of aromatic amines is 1. The van der Waals surface area contributed by atoms with Gasteiger partial charge in [0, 0.05) is 42.8 Å². The van der Waals surface area contributed by atoms with Gasteiger partial charge in [-0.15, -0.1) is 0 Å². The molecule has 1 aromatic heterocycles. The lowest BCUT2D eigenvalue weighted by atomic mass is 9.93. The summed E-state index contributed by atoms with van der Waals surface area (Å²) < 4.78 is 43.6. The Morgan fingerprint density at radius 3 is 2.50 bits per heavy atom. The average molecular weight is 484 g/mol. The van der Waals surface area contributed by atoms with Gasteiger partial charge in [-0.2, -0.15) is 19.7 Å². The Morgan fingerprint density at radius 2 is 1.82 bits per heavy atom. The molecule has 9 heteroatoms. The molecule has 0 saturated carbocycles. The summed E-state index contributed by atoms with van der Waals surface area (Å²) >= 11 is 0. The van der Waals surface area contributed by atoms with Gasteiger partial charge in [-0.1, -0.05) is 36.4 Å². The first-order chi connectivity index (χ1) is 16.4. The molecule has 0 amide bonds. The van der Waals surface area contributed by atoms with Crippen molar-refractivity contribution in [3.63, 3.8) is 0 Å². The summed E-state index contributed by atoms with van der Waals surface area (Å²) in [6, 6.07) is 14.3. The van der Waals surface area contributed by atoms with Crippen LogP contribution in [0.25, 0.3) is 0 Å². The molecular formula is C25H30FN5O2S. The van der Waals surface area contributed by atoms with E-state index in [-0.39, 0.29) is 18.4 Å². The molecule has 0 radical (unpaired) electrons. The average Bonchev–Trinajstić information content (AvgIpc) is 3.38. The van der Waals surface area contributed by atoms with E-state index >= 15 is 4.39 Å². The third kappa shape index (κ3) is 4.46. The molecule has 2 saturated heterocycles. The summed E-state index contributed by atoms with van der Waals surface area (Å²) in [6.45, 7) is 3.58. The van der Waals surface area contributed by atoms with Crippen molar-refractivity contribution in [2.75, 3.05) is 18.0 Å². The summed E-state index contributed by atoms with van der Waals surface area (Å²) in [5.41, 5.74) is 3.01. The number of nitrogens with one attached hydrogen (secondary N) is 1. The molecule has 1 N–H and O–H groups in total. The number of halogens is 1. The number of benzene rings is 2. The van der Waals surface area contributed by atoms with E-state index < -0.39 is 15.3 Å². The Morgan fingerprint density at radius 1 is 1.06 bits per heavy atom. The number of anilines is 1. The van der Waals surface area contributed by atoms with E-state index in [4.69, 9.17) is 0 Å². The summed E-state index contributed by atoms with van der Waals surface area (Å²) in [4.78, 5) is 2.18. The van der Waals surface area contributed by atoms with Gasteiger partial charge in [-0.05, 0) is 50.3 Å². The first-order valence-corrected chi connectivity index (χ1v) is 13.4. The van der Waals surface area contributed by atoms with Gasteiger partial charge >= 0.3 is 0 Å². The maximum absolute atomic E-state index is 15.2. The zero-order chi connectivity index (χ0) is 23.7. The molecule has 34 heavy (non-hydrogen) atoms. The molecule has 7 nitrogen and oxygen atoms in total. The van der Waals surface area contributed by atoms with E-state index in [0.717, 1.165) is 49.3 Å². The lowest BCUT2D eigenvalue weighted by molar-refractivity contribution is 0.279. The minimum absolute atomic E-state index is 0.0488. The predicted molar refractivity (Wildman–Crippen MR) is 129 cm³/mol. The molecule has 0 spiro atoms. The largest absolute Gasteiger partial charge is 0.371 e. The molecular weight excluding hydrogens is 453 g/mol. The zero-order valence-electron chi connectivity index (χ0n) is 19.3. The number of aromatic nitrogens is 3. The molecule has 2 aliphatic heterocycles. The maximum Gasteiger partial charge on any atom is 0.221 e. The van der Waals surface area contributed by atoms with Crippen LogP contribution < -0.4 is 4.90 Å². The second kappa shape index (κ2) is 9.46. The summed E-state index contributed by atoms with van der Waals surface area (Å²) in [6.07, 6.45) is 4.96. The van der Waals surface area contributed by atoms with Crippen molar-refractivity contribution in [1.82, 2.24) is 19.7 Å². The predicted octanol–water partition coefficient (Wildman–Crippen LogP) is 4.38. The van der Waals surface area contributed by atoms with Crippen molar-refractivity contribution >= 4 is 15.7 Å². The molecule has 2 aliphatic rings. The SMILES string of the molecule is C[C@H]1CCC(c2ccccc2)S(=O)(=O)N1Cc1ccc(N2CCC(c3cn[nH]n3)CC2)cc1F. The highest BCUT2D eigenvalue weighted by Gasteiger charge is 2.40. The number of hydrogen-bond acceptors (Lipinski definition) is 5. The van der Waals surface area contributed by atoms with Crippen LogP contribution >= 0.6 is 0 Å². The highest BCUT2D eigenvalue weighted by Crippen LogP contribution is 2.38. The normalized spacial score (nSPS) is 23.8. The van der Waals surface area contributed by atoms with E-state index in [1.165, 1.54) is 4.31 Å². The van der Waals surface area contributed by atoms with E-state index in [1.54, 1.807) is 18.3 Å². The second-order valence-corrected chi connectivity index (χ2v) is 11.4. The zero-order valence-corrected chi connectivity index (χ0v) is 20.1. The fourth-order valence-corrected chi connectivity index (χ4v) is 7.41. The monoisotopic (exact) mass is 483 g/mol. The van der Waals surface area contributed by atoms with Crippen molar-refractivity contribution in [2.24, 2.45) is 0 Å². The van der Waals surface area contributed by atoms with Crippen molar-refractivity contribution in [2.45, 2.75) is 56.4 Å². The fraction of sp³-hybridized carbons (Fsp3) is 0.440. The minimum atomic E-state index is -3.60. The standard InChI is InChI=1S/C25H30FN5O2S/c1-18-7-10-25(20-5-3-2-4-6-20)34(32,33)31(18)17-21-8-9-22(15-23(21)26)30-13-11-19(12-14-30)24-16-27-29-28-24/h2-6,8-9,15-16,18-19,25H,7,10-14,17H2,1H3,(H,27,28,29)/t18-,25?/m0/s1. The fourth-order valence-electron chi connectivity index (χ4n) is 5.22. The molecule has 2 atom stereocenters. The second-order valence-electron chi connectivity index (χ2n) is 9.35. The van der Waals surface area contributed by atoms with Gasteiger partial charge in [0.15, 0.2) is 0 Å². The Hall–Kier alpha value is -2.78. The Labute approximate surface area is 200 Å². The van der Waals surface area contributed by atoms with Gasteiger partial charge in [-0.25, -0.2) is 12.8 Å². The van der Waals surface area contributed by atoms with Crippen molar-refractivity contribution < 1.29 is 12.8 Å². The number of H-pyrrole nitrogens is 1. The van der Waals surface area contributed by atoms with Crippen LogP contribution in [0.5, 0.6) is 0 Å². The first-order valence-electron chi connectivity index (χ1n) is 11.9. The number of piperidine rings is 1. The number of nitrogens with zero attached hydrogens (tertiary/aromatic N) is 4. The molecule has 2 fully saturated rings. The lowest BCUT2D eigenvalue weighted by Gasteiger charge is -2.37. The number of sulfonamides is 1. The van der Waals surface area contributed by atoms with Gasteiger partial charge < -0.3 is 4.90 Å². The van der Waals surface area contributed by atoms with Gasteiger partial charge in [-0.3, -0.25) is 0 Å². The molecule has 180 valence electrons. The number of rotatable bonds is 5. The third-order valence-corrected chi connectivity index (χ3v) is 9.64. The summed E-state index contributed by atoms with van der Waals surface area (Å²) in [5, 5.41) is 10.2. The lowest BCUT2D eigenvalue weighted by Crippen LogP contribution is -2.44. The topological polar surface area (TPSA) is 82.2 Å². The molecule has 0 aliphatic carbocycles. The number of hydrogen-bond donors (Lipinski definition) is 1. The Kier molecular flexibility index (Phi) is 6.40.